The summed E-state index contributed by atoms with van der Waals surface area (Å²) in [5.74, 6) is 0.744. The van der Waals surface area contributed by atoms with E-state index in [4.69, 9.17) is 10.2 Å². The van der Waals surface area contributed by atoms with Crippen molar-refractivity contribution >= 4 is 5.82 Å². The van der Waals surface area contributed by atoms with Gasteiger partial charge in [-0.15, -0.1) is 0 Å². The lowest BCUT2D eigenvalue weighted by atomic mass is 9.92. The zero-order valence-electron chi connectivity index (χ0n) is 10.7. The van der Waals surface area contributed by atoms with Crippen LogP contribution in [0.2, 0.25) is 0 Å². The molecule has 0 bridgehead atoms. The van der Waals surface area contributed by atoms with Crippen LogP contribution in [-0.4, -0.2) is 46.5 Å². The van der Waals surface area contributed by atoms with Crippen molar-refractivity contribution in [3.63, 3.8) is 0 Å². The molecule has 1 rings (SSSR count). The molecule has 1 aromatic heterocycles. The van der Waals surface area contributed by atoms with Crippen molar-refractivity contribution in [1.82, 2.24) is 9.97 Å². The monoisotopic (exact) mass is 239 g/mol. The molecule has 0 aliphatic rings. The molecule has 0 aliphatic heterocycles. The van der Waals surface area contributed by atoms with Gasteiger partial charge in [-0.05, 0) is 0 Å². The lowest BCUT2D eigenvalue weighted by Crippen LogP contribution is -2.31. The largest absolute Gasteiger partial charge is 0.395 e. The number of nitrogens with zero attached hydrogens (tertiary/aromatic N) is 3. The third-order valence-corrected chi connectivity index (χ3v) is 2.48. The lowest BCUT2D eigenvalue weighted by molar-refractivity contribution is 0.280. The fraction of sp³-hybridized carbons (Fsp3) is 0.667. The summed E-state index contributed by atoms with van der Waals surface area (Å²) in [6.45, 7) is 7.25. The van der Waals surface area contributed by atoms with E-state index < -0.39 is 0 Å². The van der Waals surface area contributed by atoms with E-state index in [1.165, 1.54) is 6.33 Å². The Morgan fingerprint density at radius 2 is 1.71 bits per heavy atom. The molecule has 0 saturated heterocycles. The van der Waals surface area contributed by atoms with Crippen LogP contribution in [0.3, 0.4) is 0 Å². The summed E-state index contributed by atoms with van der Waals surface area (Å²) in [6.07, 6.45) is 1.53. The number of rotatable bonds is 5. The van der Waals surface area contributed by atoms with Crippen LogP contribution in [0, 0.1) is 0 Å². The van der Waals surface area contributed by atoms with Crippen LogP contribution >= 0.6 is 0 Å². The van der Waals surface area contributed by atoms with Gasteiger partial charge in [-0.2, -0.15) is 0 Å². The molecular formula is C12H21N3O2. The highest BCUT2D eigenvalue weighted by Crippen LogP contribution is 2.22. The molecule has 0 radical (unpaired) electrons. The van der Waals surface area contributed by atoms with Gasteiger partial charge in [-0.25, -0.2) is 9.97 Å². The van der Waals surface area contributed by atoms with Crippen molar-refractivity contribution in [1.29, 1.82) is 0 Å². The van der Waals surface area contributed by atoms with E-state index in [1.54, 1.807) is 0 Å². The SMILES string of the molecule is CC(C)(C)c1cc(N(CCO)CCO)ncn1. The Morgan fingerprint density at radius 1 is 1.12 bits per heavy atom. The van der Waals surface area contributed by atoms with Crippen LogP contribution in [0.15, 0.2) is 12.4 Å². The number of hydrogen-bond acceptors (Lipinski definition) is 5. The van der Waals surface area contributed by atoms with Gasteiger partial charge in [0.15, 0.2) is 0 Å². The average Bonchev–Trinajstić information content (AvgIpc) is 2.28. The molecule has 0 aromatic carbocycles. The lowest BCUT2D eigenvalue weighted by Gasteiger charge is -2.24. The smallest absolute Gasteiger partial charge is 0.132 e. The Kier molecular flexibility index (Phi) is 4.84. The Morgan fingerprint density at radius 3 is 2.18 bits per heavy atom. The number of hydrogen-bond donors (Lipinski definition) is 2. The van der Waals surface area contributed by atoms with Gasteiger partial charge in [0.2, 0.25) is 0 Å². The Labute approximate surface area is 102 Å². The second-order valence-corrected chi connectivity index (χ2v) is 4.95. The summed E-state index contributed by atoms with van der Waals surface area (Å²) in [5.41, 5.74) is 0.908. The molecular weight excluding hydrogens is 218 g/mol. The van der Waals surface area contributed by atoms with Gasteiger partial charge in [0.05, 0.1) is 18.9 Å². The fourth-order valence-electron chi connectivity index (χ4n) is 1.51. The molecule has 17 heavy (non-hydrogen) atoms. The molecule has 0 aliphatic carbocycles. The molecule has 2 N–H and O–H groups in total. The van der Waals surface area contributed by atoms with Crippen molar-refractivity contribution in [2.24, 2.45) is 0 Å². The second-order valence-electron chi connectivity index (χ2n) is 4.95. The summed E-state index contributed by atoms with van der Waals surface area (Å²) < 4.78 is 0. The number of anilines is 1. The molecule has 1 aromatic rings. The number of aliphatic hydroxyl groups is 2. The maximum Gasteiger partial charge on any atom is 0.132 e. The molecule has 96 valence electrons. The first-order chi connectivity index (χ1) is 7.99. The van der Waals surface area contributed by atoms with Crippen molar-refractivity contribution < 1.29 is 10.2 Å². The number of aliphatic hydroxyl groups excluding tert-OH is 2. The van der Waals surface area contributed by atoms with Crippen LogP contribution in [0.4, 0.5) is 5.82 Å². The van der Waals surface area contributed by atoms with E-state index in [9.17, 15) is 0 Å². The minimum atomic E-state index is -0.0399. The molecule has 0 atom stereocenters. The Balaban J connectivity index is 2.95. The van der Waals surface area contributed by atoms with Crippen LogP contribution in [0.5, 0.6) is 0 Å². The molecule has 1 heterocycles. The zero-order chi connectivity index (χ0) is 12.9. The molecule has 0 fully saturated rings. The minimum absolute atomic E-state index is 0.0366. The van der Waals surface area contributed by atoms with Gasteiger partial charge in [0.25, 0.3) is 0 Å². The van der Waals surface area contributed by atoms with E-state index in [2.05, 4.69) is 30.7 Å². The van der Waals surface area contributed by atoms with E-state index in [0.29, 0.717) is 13.1 Å². The first-order valence-corrected chi connectivity index (χ1v) is 5.78. The number of aromatic nitrogens is 2. The predicted octanol–water partition coefficient (Wildman–Crippen LogP) is 0.565. The van der Waals surface area contributed by atoms with Gasteiger partial charge in [-0.3, -0.25) is 0 Å². The van der Waals surface area contributed by atoms with Gasteiger partial charge in [0.1, 0.15) is 12.1 Å². The standard InChI is InChI=1S/C12H21N3O2/c1-12(2,3)10-8-11(14-9-13-10)15(4-6-16)5-7-17/h8-9,16-17H,4-7H2,1-3H3. The van der Waals surface area contributed by atoms with Crippen molar-refractivity contribution in [2.45, 2.75) is 26.2 Å². The summed E-state index contributed by atoms with van der Waals surface area (Å²) in [4.78, 5) is 10.3. The van der Waals surface area contributed by atoms with Gasteiger partial charge >= 0.3 is 0 Å². The fourth-order valence-corrected chi connectivity index (χ4v) is 1.51. The van der Waals surface area contributed by atoms with Crippen LogP contribution in [0.25, 0.3) is 0 Å². The summed E-state index contributed by atoms with van der Waals surface area (Å²) >= 11 is 0. The third-order valence-electron chi connectivity index (χ3n) is 2.48. The highest BCUT2D eigenvalue weighted by atomic mass is 16.3. The molecule has 0 spiro atoms. The molecule has 5 nitrogen and oxygen atoms in total. The normalized spacial score (nSPS) is 11.6. The minimum Gasteiger partial charge on any atom is -0.395 e. The Hall–Kier alpha value is -1.20. The quantitative estimate of drug-likeness (QED) is 0.786. The summed E-state index contributed by atoms with van der Waals surface area (Å²) in [6, 6.07) is 1.91. The van der Waals surface area contributed by atoms with E-state index in [0.717, 1.165) is 11.5 Å². The topological polar surface area (TPSA) is 69.5 Å². The molecule has 5 heteroatoms. The molecule has 0 amide bonds. The first kappa shape index (κ1) is 13.9. The highest BCUT2D eigenvalue weighted by molar-refractivity contribution is 5.40. The van der Waals surface area contributed by atoms with Gasteiger partial charge in [-0.1, -0.05) is 20.8 Å². The average molecular weight is 239 g/mol. The van der Waals surface area contributed by atoms with E-state index in [-0.39, 0.29) is 18.6 Å². The summed E-state index contributed by atoms with van der Waals surface area (Å²) in [7, 11) is 0. The summed E-state index contributed by atoms with van der Waals surface area (Å²) in [5, 5.41) is 18.0. The van der Waals surface area contributed by atoms with Crippen molar-refractivity contribution in [2.75, 3.05) is 31.2 Å². The van der Waals surface area contributed by atoms with Gasteiger partial charge < -0.3 is 15.1 Å². The maximum absolute atomic E-state index is 8.99. The van der Waals surface area contributed by atoms with E-state index in [1.807, 2.05) is 11.0 Å². The van der Waals surface area contributed by atoms with Crippen LogP contribution < -0.4 is 4.90 Å². The Bertz CT molecular complexity index is 344. The van der Waals surface area contributed by atoms with Crippen LogP contribution in [0.1, 0.15) is 26.5 Å². The highest BCUT2D eigenvalue weighted by Gasteiger charge is 2.17. The second kappa shape index (κ2) is 5.93. The maximum atomic E-state index is 8.99. The van der Waals surface area contributed by atoms with Crippen LogP contribution in [-0.2, 0) is 5.41 Å². The molecule has 0 saturated carbocycles. The first-order valence-electron chi connectivity index (χ1n) is 5.78. The van der Waals surface area contributed by atoms with Crippen molar-refractivity contribution in [3.05, 3.63) is 18.1 Å². The van der Waals surface area contributed by atoms with Gasteiger partial charge in [0, 0.05) is 24.6 Å². The van der Waals surface area contributed by atoms with Crippen molar-refractivity contribution in [3.8, 4) is 0 Å². The predicted molar refractivity (Wildman–Crippen MR) is 67.1 cm³/mol. The van der Waals surface area contributed by atoms with E-state index >= 15 is 0 Å². The zero-order valence-corrected chi connectivity index (χ0v) is 10.7. The third kappa shape index (κ3) is 3.94. The molecule has 0 unspecified atom stereocenters.